The van der Waals surface area contributed by atoms with Crippen LogP contribution >= 0.6 is 0 Å². The molecule has 3 atom stereocenters. The topological polar surface area (TPSA) is 42.5 Å². The van der Waals surface area contributed by atoms with E-state index in [1.54, 1.807) is 0 Å². The van der Waals surface area contributed by atoms with Crippen molar-refractivity contribution in [3.8, 4) is 11.5 Å². The number of hydrogen-bond acceptors (Lipinski definition) is 4. The zero-order valence-electron chi connectivity index (χ0n) is 20.4. The van der Waals surface area contributed by atoms with Crippen LogP contribution in [-0.4, -0.2) is 19.9 Å². The van der Waals surface area contributed by atoms with Gasteiger partial charge >= 0.3 is 0 Å². The van der Waals surface area contributed by atoms with Gasteiger partial charge in [-0.25, -0.2) is 0 Å². The predicted octanol–water partition coefficient (Wildman–Crippen LogP) is 6.50. The highest BCUT2D eigenvalue weighted by atomic mass is 16.7. The quantitative estimate of drug-likeness (QED) is 0.454. The molecule has 0 amide bonds. The molecule has 33 heavy (non-hydrogen) atoms. The molecule has 2 N–H and O–H groups in total. The molecular weight excluding hydrogens is 408 g/mol. The van der Waals surface area contributed by atoms with Crippen molar-refractivity contribution in [2.24, 2.45) is 5.92 Å². The highest BCUT2D eigenvalue weighted by molar-refractivity contribution is 5.49. The molecule has 0 aromatic heterocycles. The van der Waals surface area contributed by atoms with Crippen molar-refractivity contribution in [1.29, 1.82) is 0 Å². The lowest BCUT2D eigenvalue weighted by Gasteiger charge is -2.38. The fraction of sp³-hybridized carbons (Fsp3) is 0.379. The summed E-state index contributed by atoms with van der Waals surface area (Å²) in [5.74, 6) is 2.16. The molecule has 0 fully saturated rings. The molecule has 2 aromatic rings. The minimum atomic E-state index is 0.0573. The van der Waals surface area contributed by atoms with Gasteiger partial charge in [0.15, 0.2) is 11.5 Å². The lowest BCUT2D eigenvalue weighted by Crippen LogP contribution is -2.40. The second-order valence-corrected chi connectivity index (χ2v) is 8.07. The van der Waals surface area contributed by atoms with Gasteiger partial charge < -0.3 is 20.1 Å². The summed E-state index contributed by atoms with van der Waals surface area (Å²) >= 11 is 0. The first-order chi connectivity index (χ1) is 16.2. The van der Waals surface area contributed by atoms with Gasteiger partial charge in [-0.1, -0.05) is 82.3 Å². The maximum atomic E-state index is 5.65. The van der Waals surface area contributed by atoms with E-state index >= 15 is 0 Å². The van der Waals surface area contributed by atoms with Crippen LogP contribution in [0.2, 0.25) is 0 Å². The maximum Gasteiger partial charge on any atom is 0.231 e. The van der Waals surface area contributed by atoms with Crippen LogP contribution < -0.4 is 20.1 Å². The van der Waals surface area contributed by atoms with Crippen LogP contribution in [0.5, 0.6) is 11.5 Å². The highest BCUT2D eigenvalue weighted by Crippen LogP contribution is 2.42. The molecule has 0 radical (unpaired) electrons. The standard InChI is InChI=1S/C27H32N2O2.C2H6/c1-4-6-10-15-28-27-25(19(3)5-2)22(20-11-8-7-9-12-20)17-29-26(27)21-13-14-23-24(16-21)31-18-30-23;1-2/h5-14,16,19,22,26,28-29H,2,4,15,17-18H2,1,3H3;1-2H3/b10-6-;/t19?,22-,26-;/m1./s1. The molecule has 4 heteroatoms. The number of benzene rings is 2. The van der Waals surface area contributed by atoms with Crippen molar-refractivity contribution >= 4 is 0 Å². The zero-order chi connectivity index (χ0) is 23.6. The molecule has 0 spiro atoms. The van der Waals surface area contributed by atoms with Crippen molar-refractivity contribution in [1.82, 2.24) is 10.6 Å². The minimum Gasteiger partial charge on any atom is -0.454 e. The zero-order valence-corrected chi connectivity index (χ0v) is 20.4. The third-order valence-electron chi connectivity index (χ3n) is 6.09. The van der Waals surface area contributed by atoms with E-state index in [0.717, 1.165) is 31.0 Å². The number of rotatable bonds is 8. The van der Waals surface area contributed by atoms with E-state index < -0.39 is 0 Å². The Bertz CT molecular complexity index is 965. The van der Waals surface area contributed by atoms with Gasteiger partial charge in [-0.3, -0.25) is 0 Å². The van der Waals surface area contributed by atoms with Gasteiger partial charge in [-0.2, -0.15) is 0 Å². The third-order valence-corrected chi connectivity index (χ3v) is 6.09. The van der Waals surface area contributed by atoms with Gasteiger partial charge in [0.05, 0.1) is 6.04 Å². The molecule has 2 aliphatic heterocycles. The van der Waals surface area contributed by atoms with Gasteiger partial charge in [-0.05, 0) is 41.2 Å². The summed E-state index contributed by atoms with van der Waals surface area (Å²) in [4.78, 5) is 0. The summed E-state index contributed by atoms with van der Waals surface area (Å²) in [5, 5.41) is 7.55. The van der Waals surface area contributed by atoms with Crippen LogP contribution in [0.3, 0.4) is 0 Å². The lowest BCUT2D eigenvalue weighted by molar-refractivity contribution is 0.174. The van der Waals surface area contributed by atoms with Gasteiger partial charge in [0.2, 0.25) is 6.79 Å². The van der Waals surface area contributed by atoms with E-state index in [0.29, 0.717) is 0 Å². The first-order valence-electron chi connectivity index (χ1n) is 12.2. The number of nitrogens with one attached hydrogen (secondary N) is 2. The second kappa shape index (κ2) is 12.3. The predicted molar refractivity (Wildman–Crippen MR) is 138 cm³/mol. The van der Waals surface area contributed by atoms with Crippen LogP contribution in [0.25, 0.3) is 0 Å². The fourth-order valence-electron chi connectivity index (χ4n) is 4.47. The molecule has 4 nitrogen and oxygen atoms in total. The Morgan fingerprint density at radius 3 is 2.55 bits per heavy atom. The minimum absolute atomic E-state index is 0.0573. The largest absolute Gasteiger partial charge is 0.454 e. The number of fused-ring (bicyclic) bond motifs is 1. The van der Waals surface area contributed by atoms with E-state index in [9.17, 15) is 0 Å². The summed E-state index contributed by atoms with van der Waals surface area (Å²) < 4.78 is 11.2. The van der Waals surface area contributed by atoms with Crippen LogP contribution in [0.4, 0.5) is 0 Å². The van der Waals surface area contributed by atoms with Crippen molar-refractivity contribution < 1.29 is 9.47 Å². The number of ether oxygens (including phenoxy) is 2. The Balaban J connectivity index is 0.00000149. The maximum absolute atomic E-state index is 5.65. The van der Waals surface area contributed by atoms with Gasteiger partial charge in [-0.15, -0.1) is 6.58 Å². The van der Waals surface area contributed by atoms with Crippen LogP contribution in [0.1, 0.15) is 57.2 Å². The Kier molecular flexibility index (Phi) is 9.20. The van der Waals surface area contributed by atoms with Crippen LogP contribution in [0.15, 0.2) is 84.6 Å². The van der Waals surface area contributed by atoms with Gasteiger partial charge in [0.25, 0.3) is 0 Å². The smallest absolute Gasteiger partial charge is 0.231 e. The van der Waals surface area contributed by atoms with Crippen LogP contribution in [0, 0.1) is 5.92 Å². The molecule has 176 valence electrons. The van der Waals surface area contributed by atoms with Crippen molar-refractivity contribution in [2.75, 3.05) is 19.9 Å². The number of hydrogen-bond donors (Lipinski definition) is 2. The molecular formula is C29H38N2O2. The summed E-state index contributed by atoms with van der Waals surface area (Å²) in [7, 11) is 0. The van der Waals surface area contributed by atoms with E-state index in [1.165, 1.54) is 22.4 Å². The fourth-order valence-corrected chi connectivity index (χ4v) is 4.47. The average molecular weight is 447 g/mol. The molecule has 0 saturated carbocycles. The summed E-state index contributed by atoms with van der Waals surface area (Å²) in [5.41, 5.74) is 5.12. The molecule has 2 aliphatic rings. The molecule has 4 rings (SSSR count). The molecule has 2 heterocycles. The summed E-state index contributed by atoms with van der Waals surface area (Å²) in [6, 6.07) is 17.0. The third kappa shape index (κ3) is 5.69. The molecule has 2 aromatic carbocycles. The first kappa shape index (κ1) is 24.7. The lowest BCUT2D eigenvalue weighted by atomic mass is 9.77. The van der Waals surface area contributed by atoms with Crippen molar-refractivity contribution in [3.63, 3.8) is 0 Å². The van der Waals surface area contributed by atoms with E-state index in [-0.39, 0.29) is 24.7 Å². The van der Waals surface area contributed by atoms with E-state index in [4.69, 9.17) is 9.47 Å². The molecule has 0 aliphatic carbocycles. The Morgan fingerprint density at radius 1 is 1.06 bits per heavy atom. The van der Waals surface area contributed by atoms with Crippen molar-refractivity contribution in [2.45, 2.75) is 46.1 Å². The Labute approximate surface area is 199 Å². The Morgan fingerprint density at radius 2 is 1.82 bits per heavy atom. The Hall–Kier alpha value is -2.98. The summed E-state index contributed by atoms with van der Waals surface area (Å²) in [6.45, 7) is 14.5. The van der Waals surface area contributed by atoms with E-state index in [2.05, 4.69) is 91.8 Å². The molecule has 1 unspecified atom stereocenters. The second-order valence-electron chi connectivity index (χ2n) is 8.07. The molecule has 0 saturated heterocycles. The molecule has 0 bridgehead atoms. The van der Waals surface area contributed by atoms with Gasteiger partial charge in [0.1, 0.15) is 0 Å². The van der Waals surface area contributed by atoms with Crippen LogP contribution in [-0.2, 0) is 0 Å². The van der Waals surface area contributed by atoms with Crippen molar-refractivity contribution in [3.05, 3.63) is 95.7 Å². The van der Waals surface area contributed by atoms with E-state index in [1.807, 2.05) is 19.9 Å². The number of allylic oxidation sites excluding steroid dienone is 2. The summed E-state index contributed by atoms with van der Waals surface area (Å²) in [6.07, 6.45) is 7.49. The first-order valence-corrected chi connectivity index (χ1v) is 12.2. The normalized spacial score (nSPS) is 20.2. The monoisotopic (exact) mass is 446 g/mol. The highest BCUT2D eigenvalue weighted by Gasteiger charge is 2.33. The SMILES string of the molecule is C=CC(C)C1=C(NC/C=C\CC)[C@@H](c2ccc3c(c2)OCO3)NC[C@@H]1c1ccccc1.CC. The average Bonchev–Trinajstić information content (AvgIpc) is 3.35. The van der Waals surface area contributed by atoms with Gasteiger partial charge in [0, 0.05) is 24.7 Å².